The summed E-state index contributed by atoms with van der Waals surface area (Å²) in [6, 6.07) is 0. The predicted octanol–water partition coefficient (Wildman–Crippen LogP) is 0.244. The van der Waals surface area contributed by atoms with E-state index < -0.39 is 5.97 Å². The van der Waals surface area contributed by atoms with Crippen molar-refractivity contribution in [1.29, 1.82) is 0 Å². The van der Waals surface area contributed by atoms with Gasteiger partial charge in [0.2, 0.25) is 0 Å². The summed E-state index contributed by atoms with van der Waals surface area (Å²) < 4.78 is 6.88. The van der Waals surface area contributed by atoms with Crippen LogP contribution < -0.4 is 5.32 Å². The number of carboxylic acid groups (broad SMARTS) is 1. The van der Waals surface area contributed by atoms with E-state index in [1.54, 1.807) is 11.7 Å². The van der Waals surface area contributed by atoms with E-state index in [9.17, 15) is 4.79 Å². The van der Waals surface area contributed by atoms with E-state index in [1.807, 2.05) is 0 Å². The maximum absolute atomic E-state index is 11.0. The second-order valence-corrected chi connectivity index (χ2v) is 4.29. The number of carboxylic acids is 1. The van der Waals surface area contributed by atoms with Crippen LogP contribution in [0.2, 0.25) is 0 Å². The molecule has 1 aliphatic heterocycles. The highest BCUT2D eigenvalue weighted by Gasteiger charge is 2.17. The van der Waals surface area contributed by atoms with E-state index in [0.717, 1.165) is 26.2 Å². The molecule has 1 unspecified atom stereocenters. The lowest BCUT2D eigenvalue weighted by molar-refractivity contribution is 0.0695. The van der Waals surface area contributed by atoms with Crippen LogP contribution in [0.1, 0.15) is 22.5 Å². The van der Waals surface area contributed by atoms with Crippen LogP contribution in [-0.4, -0.2) is 40.6 Å². The van der Waals surface area contributed by atoms with Crippen LogP contribution in [0.3, 0.4) is 0 Å². The number of aryl methyl sites for hydroxylation is 1. The minimum absolute atomic E-state index is 0.266. The van der Waals surface area contributed by atoms with Gasteiger partial charge in [0.05, 0.1) is 18.5 Å². The Hall–Kier alpha value is -1.40. The summed E-state index contributed by atoms with van der Waals surface area (Å²) in [5, 5.41) is 16.2. The molecule has 2 rings (SSSR count). The highest BCUT2D eigenvalue weighted by atomic mass is 16.5. The van der Waals surface area contributed by atoms with Crippen molar-refractivity contribution < 1.29 is 14.6 Å². The summed E-state index contributed by atoms with van der Waals surface area (Å²) in [6.45, 7) is 3.00. The zero-order chi connectivity index (χ0) is 12.3. The van der Waals surface area contributed by atoms with Crippen molar-refractivity contribution in [2.45, 2.75) is 13.0 Å². The van der Waals surface area contributed by atoms with Gasteiger partial charge in [-0.25, -0.2) is 4.79 Å². The summed E-state index contributed by atoms with van der Waals surface area (Å²) in [5.41, 5.74) is 0.971. The molecule has 0 bridgehead atoms. The number of aromatic nitrogens is 2. The molecule has 94 valence electrons. The number of hydrogen-bond donors (Lipinski definition) is 2. The van der Waals surface area contributed by atoms with Crippen molar-refractivity contribution >= 4 is 5.97 Å². The summed E-state index contributed by atoms with van der Waals surface area (Å²) in [5.74, 6) is -0.393. The summed E-state index contributed by atoms with van der Waals surface area (Å²) in [4.78, 5) is 11.0. The molecule has 0 aliphatic carbocycles. The monoisotopic (exact) mass is 239 g/mol. The maximum Gasteiger partial charge on any atom is 0.339 e. The molecular formula is C11H17N3O3. The topological polar surface area (TPSA) is 76.4 Å². The first kappa shape index (κ1) is 12.1. The van der Waals surface area contributed by atoms with Crippen LogP contribution in [0.25, 0.3) is 0 Å². The van der Waals surface area contributed by atoms with Gasteiger partial charge in [-0.1, -0.05) is 0 Å². The van der Waals surface area contributed by atoms with Gasteiger partial charge in [0.1, 0.15) is 5.56 Å². The first-order chi connectivity index (χ1) is 8.18. The minimum atomic E-state index is -0.931. The molecule has 17 heavy (non-hydrogen) atoms. The molecule has 0 aromatic carbocycles. The van der Waals surface area contributed by atoms with Crippen LogP contribution >= 0.6 is 0 Å². The van der Waals surface area contributed by atoms with Gasteiger partial charge in [-0.05, 0) is 12.3 Å². The number of nitrogens with zero attached hydrogens (tertiary/aromatic N) is 2. The summed E-state index contributed by atoms with van der Waals surface area (Å²) in [7, 11) is 1.75. The Morgan fingerprint density at radius 1 is 1.76 bits per heavy atom. The molecule has 6 heteroatoms. The number of nitrogens with one attached hydrogen (secondary N) is 1. The zero-order valence-corrected chi connectivity index (χ0v) is 9.85. The Morgan fingerprint density at radius 3 is 3.24 bits per heavy atom. The van der Waals surface area contributed by atoms with Gasteiger partial charge in [0.25, 0.3) is 0 Å². The summed E-state index contributed by atoms with van der Waals surface area (Å²) >= 11 is 0. The third kappa shape index (κ3) is 2.83. The molecule has 1 saturated heterocycles. The predicted molar refractivity (Wildman–Crippen MR) is 60.8 cm³/mol. The van der Waals surface area contributed by atoms with Crippen LogP contribution in [-0.2, 0) is 18.3 Å². The van der Waals surface area contributed by atoms with Crippen LogP contribution in [0, 0.1) is 5.92 Å². The highest BCUT2D eigenvalue weighted by molar-refractivity contribution is 5.88. The smallest absolute Gasteiger partial charge is 0.339 e. The van der Waals surface area contributed by atoms with E-state index >= 15 is 0 Å². The van der Waals surface area contributed by atoms with Crippen molar-refractivity contribution in [3.05, 3.63) is 17.5 Å². The standard InChI is InChI=1S/C11H17N3O3/c1-14-10(9(5-13-14)11(15)16)6-12-4-8-2-3-17-7-8/h5,8,12H,2-4,6-7H2,1H3,(H,15,16). The highest BCUT2D eigenvalue weighted by Crippen LogP contribution is 2.12. The molecule has 1 atom stereocenters. The molecule has 2 N–H and O–H groups in total. The third-order valence-corrected chi connectivity index (χ3v) is 3.04. The van der Waals surface area contributed by atoms with Crippen LogP contribution in [0.5, 0.6) is 0 Å². The van der Waals surface area contributed by atoms with Gasteiger partial charge in [-0.2, -0.15) is 5.10 Å². The maximum atomic E-state index is 11.0. The number of hydrogen-bond acceptors (Lipinski definition) is 4. The Kier molecular flexibility index (Phi) is 3.75. The zero-order valence-electron chi connectivity index (χ0n) is 9.85. The van der Waals surface area contributed by atoms with Crippen molar-refractivity contribution in [2.75, 3.05) is 19.8 Å². The fourth-order valence-electron chi connectivity index (χ4n) is 1.99. The second kappa shape index (κ2) is 5.29. The number of ether oxygens (including phenoxy) is 1. The van der Waals surface area contributed by atoms with E-state index in [4.69, 9.17) is 9.84 Å². The van der Waals surface area contributed by atoms with E-state index in [1.165, 1.54) is 6.20 Å². The van der Waals surface area contributed by atoms with Gasteiger partial charge in [-0.15, -0.1) is 0 Å². The second-order valence-electron chi connectivity index (χ2n) is 4.29. The van der Waals surface area contributed by atoms with Gasteiger partial charge < -0.3 is 15.2 Å². The Morgan fingerprint density at radius 2 is 2.59 bits per heavy atom. The molecule has 0 saturated carbocycles. The molecule has 1 aliphatic rings. The van der Waals surface area contributed by atoms with Gasteiger partial charge in [0.15, 0.2) is 0 Å². The first-order valence-electron chi connectivity index (χ1n) is 5.71. The van der Waals surface area contributed by atoms with Gasteiger partial charge in [0, 0.05) is 26.7 Å². The lowest BCUT2D eigenvalue weighted by Crippen LogP contribution is -2.24. The van der Waals surface area contributed by atoms with E-state index in [-0.39, 0.29) is 5.56 Å². The third-order valence-electron chi connectivity index (χ3n) is 3.04. The Bertz CT molecular complexity index is 397. The Labute approximate surface area is 99.6 Å². The average molecular weight is 239 g/mol. The molecule has 0 spiro atoms. The van der Waals surface area contributed by atoms with E-state index in [2.05, 4.69) is 10.4 Å². The fourth-order valence-corrected chi connectivity index (χ4v) is 1.99. The first-order valence-corrected chi connectivity index (χ1v) is 5.71. The lowest BCUT2D eigenvalue weighted by Gasteiger charge is -2.10. The van der Waals surface area contributed by atoms with Crippen molar-refractivity contribution in [2.24, 2.45) is 13.0 Å². The minimum Gasteiger partial charge on any atom is -0.478 e. The number of carbonyl (C=O) groups is 1. The molecule has 0 radical (unpaired) electrons. The lowest BCUT2D eigenvalue weighted by atomic mass is 10.1. The van der Waals surface area contributed by atoms with Gasteiger partial charge >= 0.3 is 5.97 Å². The molecule has 2 heterocycles. The quantitative estimate of drug-likeness (QED) is 0.770. The molecule has 1 fully saturated rings. The fraction of sp³-hybridized carbons (Fsp3) is 0.636. The Balaban J connectivity index is 1.89. The number of aromatic carboxylic acids is 1. The normalized spacial score (nSPS) is 19.7. The molecule has 0 amide bonds. The molecule has 1 aromatic rings. The average Bonchev–Trinajstić information content (AvgIpc) is 2.89. The summed E-state index contributed by atoms with van der Waals surface area (Å²) in [6.07, 6.45) is 2.46. The van der Waals surface area contributed by atoms with Crippen molar-refractivity contribution in [3.63, 3.8) is 0 Å². The molecule has 6 nitrogen and oxygen atoms in total. The van der Waals surface area contributed by atoms with Crippen LogP contribution in [0.4, 0.5) is 0 Å². The largest absolute Gasteiger partial charge is 0.478 e. The number of rotatable bonds is 5. The van der Waals surface area contributed by atoms with Crippen molar-refractivity contribution in [1.82, 2.24) is 15.1 Å². The van der Waals surface area contributed by atoms with Gasteiger partial charge in [-0.3, -0.25) is 4.68 Å². The van der Waals surface area contributed by atoms with Crippen LogP contribution in [0.15, 0.2) is 6.20 Å². The molecular weight excluding hydrogens is 222 g/mol. The van der Waals surface area contributed by atoms with Crippen molar-refractivity contribution in [3.8, 4) is 0 Å². The molecule has 1 aromatic heterocycles. The SMILES string of the molecule is Cn1ncc(C(=O)O)c1CNCC1CCOC1. The van der Waals surface area contributed by atoms with E-state index in [0.29, 0.717) is 18.2 Å².